The van der Waals surface area contributed by atoms with Gasteiger partial charge in [-0.2, -0.15) is 0 Å². The molecule has 2 rings (SSSR count). The minimum absolute atomic E-state index is 0.224. The number of hydrogen-bond donors (Lipinski definition) is 2. The van der Waals surface area contributed by atoms with Crippen molar-refractivity contribution in [2.24, 2.45) is 5.92 Å². The van der Waals surface area contributed by atoms with Crippen molar-refractivity contribution in [1.29, 1.82) is 0 Å². The van der Waals surface area contributed by atoms with Crippen LogP contribution in [0.1, 0.15) is 36.5 Å². The molecule has 1 fully saturated rings. The van der Waals surface area contributed by atoms with E-state index in [0.29, 0.717) is 11.1 Å². The largest absolute Gasteiger partial charge is 0.478 e. The number of carboxylic acid groups (broad SMARTS) is 1. The molecule has 1 aromatic rings. The van der Waals surface area contributed by atoms with Crippen molar-refractivity contribution < 1.29 is 9.90 Å². The number of anilines is 1. The van der Waals surface area contributed by atoms with Gasteiger partial charge in [-0.05, 0) is 37.0 Å². The van der Waals surface area contributed by atoms with Gasteiger partial charge in [-0.3, -0.25) is 0 Å². The van der Waals surface area contributed by atoms with Gasteiger partial charge in [0.1, 0.15) is 0 Å². The van der Waals surface area contributed by atoms with Crippen LogP contribution >= 0.6 is 11.6 Å². The van der Waals surface area contributed by atoms with Crippen LogP contribution in [0.5, 0.6) is 0 Å². The van der Waals surface area contributed by atoms with E-state index in [0.717, 1.165) is 11.6 Å². The maximum absolute atomic E-state index is 10.8. The van der Waals surface area contributed by atoms with Gasteiger partial charge in [-0.1, -0.05) is 24.9 Å². The van der Waals surface area contributed by atoms with E-state index in [2.05, 4.69) is 12.2 Å². The first-order chi connectivity index (χ1) is 8.11. The molecule has 0 spiro atoms. The molecule has 0 aliphatic heterocycles. The third-order valence-electron chi connectivity index (χ3n) is 3.14. The molecule has 0 amide bonds. The van der Waals surface area contributed by atoms with Crippen LogP contribution < -0.4 is 5.32 Å². The minimum Gasteiger partial charge on any atom is -0.478 e. The smallest absolute Gasteiger partial charge is 0.335 e. The van der Waals surface area contributed by atoms with Gasteiger partial charge < -0.3 is 10.4 Å². The molecule has 0 aromatic heterocycles. The number of rotatable bonds is 5. The summed E-state index contributed by atoms with van der Waals surface area (Å²) >= 11 is 6.04. The molecule has 1 aliphatic rings. The van der Waals surface area contributed by atoms with Gasteiger partial charge in [0.15, 0.2) is 0 Å². The number of nitrogens with one attached hydrogen (secondary N) is 1. The van der Waals surface area contributed by atoms with Crippen LogP contribution in [0, 0.1) is 5.92 Å². The SMILES string of the molecule is CCCC1CC1Nc1ccc(C(=O)O)cc1Cl. The first kappa shape index (κ1) is 12.2. The van der Waals surface area contributed by atoms with E-state index in [9.17, 15) is 4.79 Å². The maximum atomic E-state index is 10.8. The Morgan fingerprint density at radius 3 is 2.94 bits per heavy atom. The average Bonchev–Trinajstić information content (AvgIpc) is 3.00. The van der Waals surface area contributed by atoms with Crippen molar-refractivity contribution in [3.05, 3.63) is 28.8 Å². The van der Waals surface area contributed by atoms with Gasteiger partial charge in [0.2, 0.25) is 0 Å². The number of carbonyl (C=O) groups is 1. The average molecular weight is 254 g/mol. The van der Waals surface area contributed by atoms with E-state index in [4.69, 9.17) is 16.7 Å². The van der Waals surface area contributed by atoms with Crippen molar-refractivity contribution in [3.8, 4) is 0 Å². The Morgan fingerprint density at radius 1 is 1.59 bits per heavy atom. The minimum atomic E-state index is -0.950. The topological polar surface area (TPSA) is 49.3 Å². The number of hydrogen-bond acceptors (Lipinski definition) is 2. The molecule has 1 aromatic carbocycles. The van der Waals surface area contributed by atoms with Crippen molar-refractivity contribution >= 4 is 23.3 Å². The molecule has 0 bridgehead atoms. The highest BCUT2D eigenvalue weighted by Crippen LogP contribution is 2.38. The van der Waals surface area contributed by atoms with Crippen LogP contribution in [0.3, 0.4) is 0 Å². The van der Waals surface area contributed by atoms with E-state index in [1.165, 1.54) is 25.3 Å². The van der Waals surface area contributed by atoms with Gasteiger partial charge in [-0.15, -0.1) is 0 Å². The summed E-state index contributed by atoms with van der Waals surface area (Å²) in [5.74, 6) is -0.205. The van der Waals surface area contributed by atoms with Crippen molar-refractivity contribution in [3.63, 3.8) is 0 Å². The standard InChI is InChI=1S/C13H16ClNO2/c1-2-3-8-7-12(8)15-11-5-4-9(13(16)17)6-10(11)14/h4-6,8,12,15H,2-3,7H2,1H3,(H,16,17). The Hall–Kier alpha value is -1.22. The highest BCUT2D eigenvalue weighted by atomic mass is 35.5. The Bertz CT molecular complexity index is 433. The van der Waals surface area contributed by atoms with Crippen molar-refractivity contribution in [2.75, 3.05) is 5.32 Å². The molecular formula is C13H16ClNO2. The van der Waals surface area contributed by atoms with Crippen molar-refractivity contribution in [2.45, 2.75) is 32.2 Å². The highest BCUT2D eigenvalue weighted by molar-refractivity contribution is 6.33. The zero-order valence-electron chi connectivity index (χ0n) is 9.74. The van der Waals surface area contributed by atoms with Crippen LogP contribution in [-0.4, -0.2) is 17.1 Å². The third-order valence-corrected chi connectivity index (χ3v) is 3.45. The molecule has 2 N–H and O–H groups in total. The fraction of sp³-hybridized carbons (Fsp3) is 0.462. The second-order valence-corrected chi connectivity index (χ2v) is 4.94. The van der Waals surface area contributed by atoms with Gasteiger partial charge in [0.05, 0.1) is 16.3 Å². The van der Waals surface area contributed by atoms with E-state index in [1.54, 1.807) is 12.1 Å². The van der Waals surface area contributed by atoms with Crippen LogP contribution in [0.25, 0.3) is 0 Å². The molecule has 3 nitrogen and oxygen atoms in total. The lowest BCUT2D eigenvalue weighted by Crippen LogP contribution is -2.06. The molecular weight excluding hydrogens is 238 g/mol. The highest BCUT2D eigenvalue weighted by Gasteiger charge is 2.36. The Labute approximate surface area is 106 Å². The lowest BCUT2D eigenvalue weighted by atomic mass is 10.2. The van der Waals surface area contributed by atoms with Gasteiger partial charge in [0, 0.05) is 6.04 Å². The van der Waals surface area contributed by atoms with E-state index in [-0.39, 0.29) is 5.56 Å². The summed E-state index contributed by atoms with van der Waals surface area (Å²) in [6.07, 6.45) is 3.63. The molecule has 1 aliphatic carbocycles. The number of halogens is 1. The summed E-state index contributed by atoms with van der Waals surface area (Å²) in [5, 5.41) is 12.7. The molecule has 4 heteroatoms. The summed E-state index contributed by atoms with van der Waals surface area (Å²) < 4.78 is 0. The monoisotopic (exact) mass is 253 g/mol. The maximum Gasteiger partial charge on any atom is 0.335 e. The third kappa shape index (κ3) is 2.91. The van der Waals surface area contributed by atoms with Crippen LogP contribution in [0.15, 0.2) is 18.2 Å². The van der Waals surface area contributed by atoms with Gasteiger partial charge in [0.25, 0.3) is 0 Å². The first-order valence-electron chi connectivity index (χ1n) is 5.91. The second kappa shape index (κ2) is 4.96. The quantitative estimate of drug-likeness (QED) is 0.842. The zero-order valence-corrected chi connectivity index (χ0v) is 10.5. The Morgan fingerprint density at radius 2 is 2.35 bits per heavy atom. The van der Waals surface area contributed by atoms with Gasteiger partial charge >= 0.3 is 5.97 Å². The summed E-state index contributed by atoms with van der Waals surface area (Å²) in [4.78, 5) is 10.8. The zero-order chi connectivity index (χ0) is 12.4. The second-order valence-electron chi connectivity index (χ2n) is 4.54. The van der Waals surface area contributed by atoms with Crippen LogP contribution in [0.2, 0.25) is 5.02 Å². The molecule has 92 valence electrons. The molecule has 17 heavy (non-hydrogen) atoms. The molecule has 2 unspecified atom stereocenters. The molecule has 0 radical (unpaired) electrons. The first-order valence-corrected chi connectivity index (χ1v) is 6.29. The Balaban J connectivity index is 2.00. The lowest BCUT2D eigenvalue weighted by molar-refractivity contribution is 0.0697. The van der Waals surface area contributed by atoms with Crippen LogP contribution in [-0.2, 0) is 0 Å². The van der Waals surface area contributed by atoms with Crippen LogP contribution in [0.4, 0.5) is 5.69 Å². The number of carboxylic acids is 1. The summed E-state index contributed by atoms with van der Waals surface area (Å²) in [5.41, 5.74) is 1.06. The van der Waals surface area contributed by atoms with E-state index >= 15 is 0 Å². The molecule has 1 saturated carbocycles. The Kier molecular flexibility index (Phi) is 3.57. The fourth-order valence-electron chi connectivity index (χ4n) is 2.08. The van der Waals surface area contributed by atoms with Gasteiger partial charge in [-0.25, -0.2) is 4.79 Å². The predicted molar refractivity (Wildman–Crippen MR) is 68.8 cm³/mol. The molecule has 0 heterocycles. The van der Waals surface area contributed by atoms with E-state index in [1.807, 2.05) is 0 Å². The fourth-order valence-corrected chi connectivity index (χ4v) is 2.31. The number of aromatic carboxylic acids is 1. The summed E-state index contributed by atoms with van der Waals surface area (Å²) in [7, 11) is 0. The molecule has 0 saturated heterocycles. The lowest BCUT2D eigenvalue weighted by Gasteiger charge is -2.08. The normalized spacial score (nSPS) is 22.2. The predicted octanol–water partition coefficient (Wildman–Crippen LogP) is 3.64. The number of benzene rings is 1. The molecule has 2 atom stereocenters. The summed E-state index contributed by atoms with van der Waals surface area (Å²) in [6.45, 7) is 2.18. The summed E-state index contributed by atoms with van der Waals surface area (Å²) in [6, 6.07) is 5.31. The van der Waals surface area contributed by atoms with Crippen molar-refractivity contribution in [1.82, 2.24) is 0 Å². The van der Waals surface area contributed by atoms with E-state index < -0.39 is 5.97 Å².